The summed E-state index contributed by atoms with van der Waals surface area (Å²) in [5.41, 5.74) is 9.13. The van der Waals surface area contributed by atoms with E-state index in [4.69, 9.17) is 10.5 Å². The van der Waals surface area contributed by atoms with Gasteiger partial charge in [-0.1, -0.05) is 54.6 Å². The molecule has 2 amide bonds. The number of anilines is 2. The summed E-state index contributed by atoms with van der Waals surface area (Å²) in [6.45, 7) is 0. The van der Waals surface area contributed by atoms with Crippen LogP contribution in [0.1, 0.15) is 27.6 Å². The number of amides is 2. The number of rotatable bonds is 2. The van der Waals surface area contributed by atoms with Gasteiger partial charge in [0, 0.05) is 12.0 Å². The summed E-state index contributed by atoms with van der Waals surface area (Å²) >= 11 is 0. The molecule has 0 saturated carbocycles. The van der Waals surface area contributed by atoms with E-state index in [1.165, 1.54) is 4.90 Å². The summed E-state index contributed by atoms with van der Waals surface area (Å²) < 4.78 is 5.85. The molecule has 5 nitrogen and oxygen atoms in total. The highest BCUT2D eigenvalue weighted by Crippen LogP contribution is 2.41. The fraction of sp³-hybridized carbons (Fsp3) is 0.0909. The van der Waals surface area contributed by atoms with Crippen molar-refractivity contribution >= 4 is 23.4 Å². The van der Waals surface area contributed by atoms with Crippen molar-refractivity contribution in [1.29, 1.82) is 0 Å². The highest BCUT2D eigenvalue weighted by atomic mass is 16.5. The van der Waals surface area contributed by atoms with Crippen LogP contribution in [0, 0.1) is 0 Å². The van der Waals surface area contributed by atoms with Gasteiger partial charge >= 0.3 is 12.0 Å². The van der Waals surface area contributed by atoms with Crippen LogP contribution in [-0.4, -0.2) is 12.0 Å². The van der Waals surface area contributed by atoms with Crippen molar-refractivity contribution in [3.8, 4) is 0 Å². The SMILES string of the molecule is NC(=O)N1c2ccccc2C[C@H](OC(=O)c2ccccc2)c2ccccc21. The molecule has 0 unspecified atom stereocenters. The number of benzene rings is 3. The average molecular weight is 358 g/mol. The van der Waals surface area contributed by atoms with Gasteiger partial charge in [-0.3, -0.25) is 4.90 Å². The molecule has 27 heavy (non-hydrogen) atoms. The van der Waals surface area contributed by atoms with Crippen molar-refractivity contribution in [3.63, 3.8) is 0 Å². The van der Waals surface area contributed by atoms with Crippen LogP contribution in [0.15, 0.2) is 78.9 Å². The number of nitrogens with zero attached hydrogens (tertiary/aromatic N) is 1. The van der Waals surface area contributed by atoms with Gasteiger partial charge in [-0.15, -0.1) is 0 Å². The largest absolute Gasteiger partial charge is 0.453 e. The molecule has 1 aliphatic rings. The maximum atomic E-state index is 12.6. The normalized spacial score (nSPS) is 15.3. The molecule has 1 aliphatic heterocycles. The van der Waals surface area contributed by atoms with Crippen molar-refractivity contribution in [3.05, 3.63) is 95.6 Å². The van der Waals surface area contributed by atoms with E-state index in [0.29, 0.717) is 23.4 Å². The number of urea groups is 1. The van der Waals surface area contributed by atoms with Crippen LogP contribution in [0.3, 0.4) is 0 Å². The van der Waals surface area contributed by atoms with E-state index in [9.17, 15) is 9.59 Å². The smallest absolute Gasteiger partial charge is 0.338 e. The Bertz CT molecular complexity index is 1000. The van der Waals surface area contributed by atoms with Gasteiger partial charge in [0.15, 0.2) is 0 Å². The van der Waals surface area contributed by atoms with Gasteiger partial charge in [0.05, 0.1) is 16.9 Å². The molecular formula is C22H18N2O3. The van der Waals surface area contributed by atoms with Crippen molar-refractivity contribution in [1.82, 2.24) is 0 Å². The van der Waals surface area contributed by atoms with Crippen LogP contribution >= 0.6 is 0 Å². The Hall–Kier alpha value is -3.60. The summed E-state index contributed by atoms with van der Waals surface area (Å²) in [6, 6.07) is 23.2. The fourth-order valence-corrected chi connectivity index (χ4v) is 3.42. The predicted molar refractivity (Wildman–Crippen MR) is 103 cm³/mol. The van der Waals surface area contributed by atoms with Crippen LogP contribution in [0.2, 0.25) is 0 Å². The van der Waals surface area contributed by atoms with Gasteiger partial charge in [0.25, 0.3) is 0 Å². The number of esters is 1. The van der Waals surface area contributed by atoms with Crippen LogP contribution in [0.5, 0.6) is 0 Å². The molecule has 0 spiro atoms. The number of carbonyl (C=O) groups excluding carboxylic acids is 2. The molecule has 4 rings (SSSR count). The van der Waals surface area contributed by atoms with Gasteiger partial charge in [0.1, 0.15) is 6.10 Å². The van der Waals surface area contributed by atoms with Crippen LogP contribution < -0.4 is 10.6 Å². The van der Waals surface area contributed by atoms with E-state index in [1.807, 2.05) is 54.6 Å². The lowest BCUT2D eigenvalue weighted by molar-refractivity contribution is 0.0300. The zero-order valence-corrected chi connectivity index (χ0v) is 14.5. The van der Waals surface area contributed by atoms with E-state index >= 15 is 0 Å². The summed E-state index contributed by atoms with van der Waals surface area (Å²) in [7, 11) is 0. The van der Waals surface area contributed by atoms with Crippen molar-refractivity contribution < 1.29 is 14.3 Å². The topological polar surface area (TPSA) is 72.6 Å². The molecule has 0 aromatic heterocycles. The quantitative estimate of drug-likeness (QED) is 0.692. The second-order valence-electron chi connectivity index (χ2n) is 6.33. The molecule has 0 bridgehead atoms. The van der Waals surface area contributed by atoms with Crippen molar-refractivity contribution in [2.75, 3.05) is 4.90 Å². The molecule has 0 fully saturated rings. The number of fused-ring (bicyclic) bond motifs is 2. The highest BCUT2D eigenvalue weighted by Gasteiger charge is 2.31. The molecule has 1 atom stereocenters. The Morgan fingerprint density at radius 2 is 1.48 bits per heavy atom. The zero-order valence-electron chi connectivity index (χ0n) is 14.5. The van der Waals surface area contributed by atoms with Crippen molar-refractivity contribution in [2.24, 2.45) is 5.73 Å². The van der Waals surface area contributed by atoms with Gasteiger partial charge in [-0.2, -0.15) is 0 Å². The third-order valence-corrected chi connectivity index (χ3v) is 4.64. The van der Waals surface area contributed by atoms with E-state index in [2.05, 4.69) is 0 Å². The first kappa shape index (κ1) is 16.8. The third-order valence-electron chi connectivity index (χ3n) is 4.64. The number of ether oxygens (including phenoxy) is 1. The average Bonchev–Trinajstić information content (AvgIpc) is 2.83. The first-order chi connectivity index (χ1) is 13.1. The number of primary amides is 1. The summed E-state index contributed by atoms with van der Waals surface area (Å²) in [4.78, 5) is 26.3. The first-order valence-electron chi connectivity index (χ1n) is 8.67. The van der Waals surface area contributed by atoms with E-state index in [1.54, 1.807) is 24.3 Å². The first-order valence-corrected chi connectivity index (χ1v) is 8.67. The summed E-state index contributed by atoms with van der Waals surface area (Å²) in [5, 5.41) is 0. The Morgan fingerprint density at radius 1 is 0.852 bits per heavy atom. The lowest BCUT2D eigenvalue weighted by Crippen LogP contribution is -2.32. The Labute approximate surface area is 157 Å². The third kappa shape index (κ3) is 3.15. The minimum absolute atomic E-state index is 0.402. The summed E-state index contributed by atoms with van der Waals surface area (Å²) in [5.74, 6) is -0.402. The van der Waals surface area contributed by atoms with Crippen molar-refractivity contribution in [2.45, 2.75) is 12.5 Å². The van der Waals surface area contributed by atoms with E-state index in [-0.39, 0.29) is 0 Å². The number of carbonyl (C=O) groups is 2. The maximum Gasteiger partial charge on any atom is 0.338 e. The van der Waals surface area contributed by atoms with Crippen LogP contribution in [0.25, 0.3) is 0 Å². The lowest BCUT2D eigenvalue weighted by Gasteiger charge is -2.23. The molecular weight excluding hydrogens is 340 g/mol. The second kappa shape index (κ2) is 6.96. The predicted octanol–water partition coefficient (Wildman–Crippen LogP) is 4.36. The molecule has 0 radical (unpaired) electrons. The minimum atomic E-state index is -0.579. The highest BCUT2D eigenvalue weighted by molar-refractivity contribution is 6.00. The van der Waals surface area contributed by atoms with Gasteiger partial charge in [-0.05, 0) is 29.8 Å². The molecule has 5 heteroatoms. The lowest BCUT2D eigenvalue weighted by atomic mass is 10.0. The van der Waals surface area contributed by atoms with Gasteiger partial charge in [-0.25, -0.2) is 9.59 Å². The molecule has 134 valence electrons. The van der Waals surface area contributed by atoms with Crippen LogP contribution in [-0.2, 0) is 11.2 Å². The number of hydrogen-bond acceptors (Lipinski definition) is 3. The molecule has 1 heterocycles. The number of nitrogens with two attached hydrogens (primary N) is 1. The molecule has 3 aromatic rings. The van der Waals surface area contributed by atoms with E-state index < -0.39 is 18.1 Å². The number of hydrogen-bond donors (Lipinski definition) is 1. The Balaban J connectivity index is 1.80. The number of para-hydroxylation sites is 2. The minimum Gasteiger partial charge on any atom is -0.453 e. The second-order valence-corrected chi connectivity index (χ2v) is 6.33. The fourth-order valence-electron chi connectivity index (χ4n) is 3.42. The summed E-state index contributed by atoms with van der Waals surface area (Å²) in [6.07, 6.45) is -0.0744. The Morgan fingerprint density at radius 3 is 2.22 bits per heavy atom. The molecule has 0 saturated heterocycles. The van der Waals surface area contributed by atoms with Gasteiger partial charge in [0.2, 0.25) is 0 Å². The molecule has 0 aliphatic carbocycles. The molecule has 3 aromatic carbocycles. The van der Waals surface area contributed by atoms with Crippen LogP contribution in [0.4, 0.5) is 16.2 Å². The maximum absolute atomic E-state index is 12.6. The Kier molecular flexibility index (Phi) is 4.34. The van der Waals surface area contributed by atoms with Gasteiger partial charge < -0.3 is 10.5 Å². The zero-order chi connectivity index (χ0) is 18.8. The van der Waals surface area contributed by atoms with E-state index in [0.717, 1.165) is 11.1 Å². The monoisotopic (exact) mass is 358 g/mol. The standard InChI is InChI=1S/C22H18N2O3/c23-22(26)24-18-12-6-4-10-16(18)14-20(17-11-5-7-13-19(17)24)27-21(25)15-8-2-1-3-9-15/h1-13,20H,14H2,(H2,23,26)/t20-/m0/s1. The molecule has 2 N–H and O–H groups in total.